The second-order valence-electron chi connectivity index (χ2n) is 10.7. The van der Waals surface area contributed by atoms with Crippen molar-refractivity contribution in [3.05, 3.63) is 94.5 Å². The number of morpholine rings is 1. The molecule has 0 atom stereocenters. The average molecular weight is 567 g/mol. The third-order valence-electron chi connectivity index (χ3n) is 7.76. The zero-order valence-electron chi connectivity index (χ0n) is 23.7. The predicted molar refractivity (Wildman–Crippen MR) is 160 cm³/mol. The van der Waals surface area contributed by atoms with Crippen molar-refractivity contribution in [2.45, 2.75) is 26.4 Å². The number of nitrogens with zero attached hydrogens (tertiary/aromatic N) is 2. The topological polar surface area (TPSA) is 100 Å². The third-order valence-corrected chi connectivity index (χ3v) is 7.76. The first-order valence-corrected chi connectivity index (χ1v) is 14.4. The van der Waals surface area contributed by atoms with Crippen molar-refractivity contribution in [1.82, 2.24) is 9.80 Å². The largest absolute Gasteiger partial charge is 0.462 e. The highest BCUT2D eigenvalue weighted by Gasteiger charge is 2.30. The molecule has 0 aromatic heterocycles. The van der Waals surface area contributed by atoms with Crippen LogP contribution in [-0.4, -0.2) is 67.0 Å². The lowest BCUT2D eigenvalue weighted by Gasteiger charge is -2.27. The Morgan fingerprint density at radius 1 is 0.952 bits per heavy atom. The molecular formula is C33H34N4O5. The molecule has 3 aliphatic rings. The SMILES string of the molecule is CCCOC(=O)c1ccc2c(c1)NC(=O)/C2=C(\Nc1ccc2c(c1)CN(C(=O)CN1CCOCC1)C2)c1ccccc1. The Hall–Kier alpha value is -4.47. The van der Waals surface area contributed by atoms with Crippen molar-refractivity contribution >= 4 is 40.4 Å². The minimum absolute atomic E-state index is 0.117. The van der Waals surface area contributed by atoms with E-state index in [0.29, 0.717) is 67.5 Å². The van der Waals surface area contributed by atoms with Crippen molar-refractivity contribution < 1.29 is 23.9 Å². The molecule has 9 nitrogen and oxygen atoms in total. The Labute approximate surface area is 245 Å². The number of hydrogen-bond donors (Lipinski definition) is 2. The number of rotatable bonds is 8. The number of fused-ring (bicyclic) bond motifs is 2. The second kappa shape index (κ2) is 12.2. The van der Waals surface area contributed by atoms with Crippen LogP contribution in [0.3, 0.4) is 0 Å². The van der Waals surface area contributed by atoms with Gasteiger partial charge >= 0.3 is 5.97 Å². The van der Waals surface area contributed by atoms with E-state index in [1.165, 1.54) is 0 Å². The summed E-state index contributed by atoms with van der Waals surface area (Å²) in [5.41, 5.74) is 6.70. The molecular weight excluding hydrogens is 532 g/mol. The van der Waals surface area contributed by atoms with Crippen LogP contribution < -0.4 is 10.6 Å². The van der Waals surface area contributed by atoms with Gasteiger partial charge in [-0.15, -0.1) is 0 Å². The summed E-state index contributed by atoms with van der Waals surface area (Å²) >= 11 is 0. The van der Waals surface area contributed by atoms with Crippen LogP contribution in [0.5, 0.6) is 0 Å². The van der Waals surface area contributed by atoms with E-state index in [0.717, 1.165) is 41.9 Å². The van der Waals surface area contributed by atoms with E-state index < -0.39 is 5.97 Å². The van der Waals surface area contributed by atoms with E-state index in [4.69, 9.17) is 9.47 Å². The summed E-state index contributed by atoms with van der Waals surface area (Å²) in [7, 11) is 0. The highest BCUT2D eigenvalue weighted by atomic mass is 16.5. The fraction of sp³-hybridized carbons (Fsp3) is 0.303. The molecule has 2 amide bonds. The molecule has 2 N–H and O–H groups in total. The van der Waals surface area contributed by atoms with Crippen molar-refractivity contribution in [1.29, 1.82) is 0 Å². The monoisotopic (exact) mass is 566 g/mol. The Balaban J connectivity index is 1.27. The zero-order valence-corrected chi connectivity index (χ0v) is 23.7. The zero-order chi connectivity index (χ0) is 29.1. The average Bonchev–Trinajstić information content (AvgIpc) is 3.59. The van der Waals surface area contributed by atoms with Crippen LogP contribution in [0.1, 0.15) is 46.0 Å². The summed E-state index contributed by atoms with van der Waals surface area (Å²) < 4.78 is 10.7. The molecule has 6 rings (SSSR count). The van der Waals surface area contributed by atoms with Gasteiger partial charge in [0.1, 0.15) is 0 Å². The lowest BCUT2D eigenvalue weighted by molar-refractivity contribution is -0.134. The van der Waals surface area contributed by atoms with Crippen LogP contribution in [0.25, 0.3) is 11.3 Å². The number of hydrogen-bond acceptors (Lipinski definition) is 7. The quantitative estimate of drug-likeness (QED) is 0.309. The number of anilines is 2. The summed E-state index contributed by atoms with van der Waals surface area (Å²) in [6.45, 7) is 6.70. The van der Waals surface area contributed by atoms with Gasteiger partial charge in [0.05, 0.1) is 48.9 Å². The van der Waals surface area contributed by atoms with Crippen molar-refractivity contribution in [2.24, 2.45) is 0 Å². The molecule has 0 radical (unpaired) electrons. The van der Waals surface area contributed by atoms with E-state index in [2.05, 4.69) is 21.6 Å². The Morgan fingerprint density at radius 2 is 1.74 bits per heavy atom. The van der Waals surface area contributed by atoms with Gasteiger partial charge in [-0.3, -0.25) is 14.5 Å². The maximum Gasteiger partial charge on any atom is 0.338 e. The van der Waals surface area contributed by atoms with Crippen LogP contribution in [0, 0.1) is 0 Å². The minimum atomic E-state index is -0.414. The lowest BCUT2D eigenvalue weighted by Crippen LogP contribution is -2.43. The summed E-state index contributed by atoms with van der Waals surface area (Å²) in [6, 6.07) is 20.9. The smallest absolute Gasteiger partial charge is 0.338 e. The fourth-order valence-electron chi connectivity index (χ4n) is 5.55. The first-order valence-electron chi connectivity index (χ1n) is 14.4. The number of carbonyl (C=O) groups is 3. The molecule has 3 aliphatic heterocycles. The number of esters is 1. The van der Waals surface area contributed by atoms with Gasteiger partial charge in [-0.1, -0.05) is 49.4 Å². The van der Waals surface area contributed by atoms with Gasteiger partial charge in [0.25, 0.3) is 5.91 Å². The molecule has 0 bridgehead atoms. The number of carbonyl (C=O) groups excluding carboxylic acids is 3. The molecule has 0 saturated carbocycles. The molecule has 42 heavy (non-hydrogen) atoms. The van der Waals surface area contributed by atoms with Gasteiger partial charge in [0.15, 0.2) is 0 Å². The molecule has 3 aromatic rings. The summed E-state index contributed by atoms with van der Waals surface area (Å²) in [6.07, 6.45) is 0.734. The van der Waals surface area contributed by atoms with Crippen LogP contribution in [-0.2, 0) is 32.2 Å². The molecule has 9 heteroatoms. The maximum absolute atomic E-state index is 13.4. The van der Waals surface area contributed by atoms with Gasteiger partial charge in [-0.25, -0.2) is 4.79 Å². The molecule has 1 fully saturated rings. The van der Waals surface area contributed by atoms with E-state index in [1.807, 2.05) is 54.3 Å². The Morgan fingerprint density at radius 3 is 2.52 bits per heavy atom. The molecule has 0 aliphatic carbocycles. The van der Waals surface area contributed by atoms with Gasteiger partial charge in [0, 0.05) is 37.4 Å². The number of nitrogens with one attached hydrogen (secondary N) is 2. The number of benzene rings is 3. The number of ether oxygens (including phenoxy) is 2. The molecule has 1 saturated heterocycles. The van der Waals surface area contributed by atoms with Crippen LogP contribution in [0.15, 0.2) is 66.7 Å². The minimum Gasteiger partial charge on any atom is -0.462 e. The Bertz CT molecular complexity index is 1550. The fourth-order valence-corrected chi connectivity index (χ4v) is 5.55. The first-order chi connectivity index (χ1) is 20.5. The highest BCUT2D eigenvalue weighted by molar-refractivity contribution is 6.37. The molecule has 3 heterocycles. The normalized spacial score (nSPS) is 17.4. The van der Waals surface area contributed by atoms with Gasteiger partial charge in [0.2, 0.25) is 5.91 Å². The van der Waals surface area contributed by atoms with Crippen LogP contribution in [0.4, 0.5) is 11.4 Å². The van der Waals surface area contributed by atoms with E-state index in [-0.39, 0.29) is 11.8 Å². The maximum atomic E-state index is 13.4. The highest BCUT2D eigenvalue weighted by Crippen LogP contribution is 2.38. The third kappa shape index (κ3) is 5.79. The molecule has 0 spiro atoms. The standard InChI is InChI=1S/C33H34N4O5/c1-2-14-42-33(40)23-9-11-27-28(18-23)35-32(39)30(27)31(22-6-4-3-5-7-22)34-26-10-8-24-19-37(20-25(24)17-26)29(38)21-36-12-15-41-16-13-36/h3-11,17-18,34H,2,12-16,19-21H2,1H3,(H,35,39)/b31-30-. The van der Waals surface area contributed by atoms with Crippen molar-refractivity contribution in [3.63, 3.8) is 0 Å². The molecule has 0 unspecified atom stereocenters. The van der Waals surface area contributed by atoms with E-state index >= 15 is 0 Å². The Kier molecular flexibility index (Phi) is 8.03. The van der Waals surface area contributed by atoms with Gasteiger partial charge in [-0.2, -0.15) is 0 Å². The van der Waals surface area contributed by atoms with E-state index in [1.54, 1.807) is 18.2 Å². The summed E-state index contributed by atoms with van der Waals surface area (Å²) in [5, 5.41) is 6.44. The van der Waals surface area contributed by atoms with Gasteiger partial charge in [-0.05, 0) is 47.4 Å². The predicted octanol–water partition coefficient (Wildman–Crippen LogP) is 4.36. The molecule has 3 aromatic carbocycles. The summed E-state index contributed by atoms with van der Waals surface area (Å²) in [5.74, 6) is -0.549. The number of amides is 2. The van der Waals surface area contributed by atoms with Crippen LogP contribution >= 0.6 is 0 Å². The van der Waals surface area contributed by atoms with E-state index in [9.17, 15) is 14.4 Å². The first kappa shape index (κ1) is 27.7. The van der Waals surface area contributed by atoms with Crippen molar-refractivity contribution in [3.8, 4) is 0 Å². The second-order valence-corrected chi connectivity index (χ2v) is 10.7. The lowest BCUT2D eigenvalue weighted by atomic mass is 9.98. The van der Waals surface area contributed by atoms with Crippen LogP contribution in [0.2, 0.25) is 0 Å². The molecule has 216 valence electrons. The van der Waals surface area contributed by atoms with Gasteiger partial charge < -0.3 is 25.0 Å². The van der Waals surface area contributed by atoms with Crippen molar-refractivity contribution in [2.75, 3.05) is 50.1 Å². The summed E-state index contributed by atoms with van der Waals surface area (Å²) in [4.78, 5) is 42.9.